The molecule has 0 fully saturated rings. The predicted octanol–water partition coefficient (Wildman–Crippen LogP) is 1.29. The average Bonchev–Trinajstić information content (AvgIpc) is 2.17. The van der Waals surface area contributed by atoms with Gasteiger partial charge in [0.25, 0.3) is 0 Å². The standard InChI is InChI=1S/C10H12O4/c1-2-10(9(13)14)6-4-3-5-7(10)8(11)12/h3-7H,2H2,1H3,(H,11,12)(H,13,14). The summed E-state index contributed by atoms with van der Waals surface area (Å²) in [6.07, 6.45) is 6.28. The molecule has 2 N–H and O–H groups in total. The summed E-state index contributed by atoms with van der Waals surface area (Å²) in [5, 5.41) is 18.0. The fraction of sp³-hybridized carbons (Fsp3) is 0.400. The van der Waals surface area contributed by atoms with Crippen molar-refractivity contribution in [3.05, 3.63) is 24.3 Å². The fourth-order valence-corrected chi connectivity index (χ4v) is 1.67. The largest absolute Gasteiger partial charge is 0.481 e. The van der Waals surface area contributed by atoms with Crippen LogP contribution in [0.25, 0.3) is 0 Å². The summed E-state index contributed by atoms with van der Waals surface area (Å²) < 4.78 is 0. The van der Waals surface area contributed by atoms with Crippen molar-refractivity contribution in [1.82, 2.24) is 0 Å². The highest BCUT2D eigenvalue weighted by Gasteiger charge is 2.45. The van der Waals surface area contributed by atoms with E-state index in [0.717, 1.165) is 0 Å². The van der Waals surface area contributed by atoms with Gasteiger partial charge in [0.2, 0.25) is 0 Å². The lowest BCUT2D eigenvalue weighted by molar-refractivity contribution is -0.157. The maximum absolute atomic E-state index is 11.1. The lowest BCUT2D eigenvalue weighted by Gasteiger charge is -2.30. The van der Waals surface area contributed by atoms with Crippen molar-refractivity contribution in [2.75, 3.05) is 0 Å². The van der Waals surface area contributed by atoms with Gasteiger partial charge < -0.3 is 10.2 Å². The Labute approximate surface area is 81.6 Å². The minimum atomic E-state index is -1.29. The number of hydrogen-bond donors (Lipinski definition) is 2. The van der Waals surface area contributed by atoms with Gasteiger partial charge in [-0.05, 0) is 6.42 Å². The Morgan fingerprint density at radius 1 is 1.36 bits per heavy atom. The monoisotopic (exact) mass is 196 g/mol. The molecule has 0 bridgehead atoms. The zero-order valence-corrected chi connectivity index (χ0v) is 7.80. The van der Waals surface area contributed by atoms with Crippen LogP contribution in [-0.2, 0) is 9.59 Å². The molecule has 0 radical (unpaired) electrons. The van der Waals surface area contributed by atoms with Crippen LogP contribution in [0.1, 0.15) is 13.3 Å². The van der Waals surface area contributed by atoms with Gasteiger partial charge in [-0.25, -0.2) is 0 Å². The third-order valence-corrected chi connectivity index (χ3v) is 2.61. The molecule has 14 heavy (non-hydrogen) atoms. The van der Waals surface area contributed by atoms with Gasteiger partial charge in [0.1, 0.15) is 5.41 Å². The number of aliphatic carboxylic acids is 2. The smallest absolute Gasteiger partial charge is 0.314 e. The molecule has 4 nitrogen and oxygen atoms in total. The van der Waals surface area contributed by atoms with Crippen LogP contribution < -0.4 is 0 Å². The van der Waals surface area contributed by atoms with Crippen LogP contribution in [0, 0.1) is 11.3 Å². The molecule has 0 aromatic rings. The first-order chi connectivity index (χ1) is 6.54. The maximum Gasteiger partial charge on any atom is 0.314 e. The first-order valence-electron chi connectivity index (χ1n) is 4.37. The molecule has 0 aromatic carbocycles. The Morgan fingerprint density at radius 2 is 2.00 bits per heavy atom. The number of allylic oxidation sites excluding steroid dienone is 2. The topological polar surface area (TPSA) is 74.6 Å². The molecule has 1 aliphatic rings. The van der Waals surface area contributed by atoms with Gasteiger partial charge in [-0.1, -0.05) is 31.2 Å². The molecule has 4 heteroatoms. The second-order valence-corrected chi connectivity index (χ2v) is 3.26. The highest BCUT2D eigenvalue weighted by Crippen LogP contribution is 2.37. The number of hydrogen-bond acceptors (Lipinski definition) is 2. The molecule has 0 aliphatic heterocycles. The van der Waals surface area contributed by atoms with Crippen LogP contribution in [0.4, 0.5) is 0 Å². The van der Waals surface area contributed by atoms with E-state index in [0.29, 0.717) is 0 Å². The second kappa shape index (κ2) is 3.65. The SMILES string of the molecule is CCC1(C(=O)O)C=CC=CC1C(=O)O. The van der Waals surface area contributed by atoms with E-state index in [4.69, 9.17) is 10.2 Å². The second-order valence-electron chi connectivity index (χ2n) is 3.26. The van der Waals surface area contributed by atoms with Crippen molar-refractivity contribution in [3.8, 4) is 0 Å². The Balaban J connectivity index is 3.15. The van der Waals surface area contributed by atoms with Crippen molar-refractivity contribution in [2.45, 2.75) is 13.3 Å². The van der Waals surface area contributed by atoms with Crippen molar-refractivity contribution in [2.24, 2.45) is 11.3 Å². The summed E-state index contributed by atoms with van der Waals surface area (Å²) in [5.74, 6) is -3.17. The minimum absolute atomic E-state index is 0.264. The van der Waals surface area contributed by atoms with Crippen LogP contribution in [0.15, 0.2) is 24.3 Å². The fourth-order valence-electron chi connectivity index (χ4n) is 1.67. The summed E-state index contributed by atoms with van der Waals surface area (Å²) >= 11 is 0. The third kappa shape index (κ3) is 1.43. The van der Waals surface area contributed by atoms with Crippen LogP contribution in [0.5, 0.6) is 0 Å². The van der Waals surface area contributed by atoms with E-state index in [9.17, 15) is 9.59 Å². The molecule has 0 aromatic heterocycles. The molecule has 0 spiro atoms. The van der Waals surface area contributed by atoms with Crippen LogP contribution in [0.2, 0.25) is 0 Å². The predicted molar refractivity (Wildman–Crippen MR) is 49.8 cm³/mol. The summed E-state index contributed by atoms with van der Waals surface area (Å²) in [6, 6.07) is 0. The first-order valence-corrected chi connectivity index (χ1v) is 4.37. The quantitative estimate of drug-likeness (QED) is 0.713. The molecule has 0 saturated heterocycles. The van der Waals surface area contributed by atoms with Gasteiger partial charge in [-0.15, -0.1) is 0 Å². The van der Waals surface area contributed by atoms with Gasteiger partial charge in [0, 0.05) is 0 Å². The Hall–Kier alpha value is -1.58. The molecular weight excluding hydrogens is 184 g/mol. The number of carbonyl (C=O) groups is 2. The molecular formula is C10H12O4. The third-order valence-electron chi connectivity index (χ3n) is 2.61. The van der Waals surface area contributed by atoms with Crippen LogP contribution in [-0.4, -0.2) is 22.2 Å². The molecule has 0 heterocycles. The van der Waals surface area contributed by atoms with E-state index in [2.05, 4.69) is 0 Å². The van der Waals surface area contributed by atoms with E-state index >= 15 is 0 Å². The molecule has 0 amide bonds. The maximum atomic E-state index is 11.1. The molecule has 0 saturated carbocycles. The molecule has 76 valence electrons. The van der Waals surface area contributed by atoms with Crippen molar-refractivity contribution < 1.29 is 19.8 Å². The minimum Gasteiger partial charge on any atom is -0.481 e. The van der Waals surface area contributed by atoms with Gasteiger partial charge in [-0.3, -0.25) is 9.59 Å². The van der Waals surface area contributed by atoms with Crippen molar-refractivity contribution in [3.63, 3.8) is 0 Å². The average molecular weight is 196 g/mol. The number of carboxylic acid groups (broad SMARTS) is 2. The van der Waals surface area contributed by atoms with Crippen molar-refractivity contribution >= 4 is 11.9 Å². The molecule has 1 rings (SSSR count). The van der Waals surface area contributed by atoms with E-state index < -0.39 is 23.3 Å². The molecule has 2 unspecified atom stereocenters. The van der Waals surface area contributed by atoms with E-state index in [-0.39, 0.29) is 6.42 Å². The lowest BCUT2D eigenvalue weighted by atomic mass is 9.71. The van der Waals surface area contributed by atoms with Gasteiger partial charge in [0.05, 0.1) is 5.92 Å². The Morgan fingerprint density at radius 3 is 2.36 bits per heavy atom. The Bertz CT molecular complexity index is 316. The first kappa shape index (κ1) is 10.5. The van der Waals surface area contributed by atoms with Gasteiger partial charge in [-0.2, -0.15) is 0 Å². The van der Waals surface area contributed by atoms with Gasteiger partial charge in [0.15, 0.2) is 0 Å². The molecule has 1 aliphatic carbocycles. The number of rotatable bonds is 3. The zero-order valence-electron chi connectivity index (χ0n) is 7.80. The van der Waals surface area contributed by atoms with Gasteiger partial charge >= 0.3 is 11.9 Å². The normalized spacial score (nSPS) is 30.2. The summed E-state index contributed by atoms with van der Waals surface area (Å²) in [5.41, 5.74) is -1.29. The molecule has 2 atom stereocenters. The highest BCUT2D eigenvalue weighted by molar-refractivity contribution is 5.87. The lowest BCUT2D eigenvalue weighted by Crippen LogP contribution is -2.40. The van der Waals surface area contributed by atoms with E-state index in [1.807, 2.05) is 0 Å². The summed E-state index contributed by atoms with van der Waals surface area (Å²) in [6.45, 7) is 1.67. The van der Waals surface area contributed by atoms with E-state index in [1.165, 1.54) is 12.2 Å². The Kier molecular flexibility index (Phi) is 2.74. The van der Waals surface area contributed by atoms with Crippen LogP contribution >= 0.6 is 0 Å². The van der Waals surface area contributed by atoms with E-state index in [1.54, 1.807) is 19.1 Å². The zero-order chi connectivity index (χ0) is 10.8. The van der Waals surface area contributed by atoms with Crippen molar-refractivity contribution in [1.29, 1.82) is 0 Å². The summed E-state index contributed by atoms with van der Waals surface area (Å²) in [4.78, 5) is 22.0. The number of carboxylic acids is 2. The van der Waals surface area contributed by atoms with Crippen LogP contribution in [0.3, 0.4) is 0 Å². The summed E-state index contributed by atoms with van der Waals surface area (Å²) in [7, 11) is 0. The highest BCUT2D eigenvalue weighted by atomic mass is 16.4.